The molecule has 0 unspecified atom stereocenters. The van der Waals surface area contributed by atoms with Crippen molar-refractivity contribution in [1.29, 1.82) is 0 Å². The summed E-state index contributed by atoms with van der Waals surface area (Å²) >= 11 is 0. The van der Waals surface area contributed by atoms with Crippen LogP contribution in [0.2, 0.25) is 0 Å². The highest BCUT2D eigenvalue weighted by Crippen LogP contribution is 2.24. The van der Waals surface area contributed by atoms with E-state index in [2.05, 4.69) is 15.3 Å². The van der Waals surface area contributed by atoms with Crippen molar-refractivity contribution in [3.05, 3.63) is 24.0 Å². The number of nitrogens with two attached hydrogens (primary N) is 1. The fourth-order valence-electron chi connectivity index (χ4n) is 2.32. The molecular formula is C16H22N4O4. The Morgan fingerprint density at radius 1 is 1.42 bits per heavy atom. The lowest BCUT2D eigenvalue weighted by atomic mass is 10.1. The number of H-pyrrole nitrogens is 1. The first-order valence-electron chi connectivity index (χ1n) is 7.49. The summed E-state index contributed by atoms with van der Waals surface area (Å²) in [7, 11) is 1.26. The molecule has 0 aromatic carbocycles. The van der Waals surface area contributed by atoms with Gasteiger partial charge in [0.1, 0.15) is 17.3 Å². The van der Waals surface area contributed by atoms with E-state index in [9.17, 15) is 9.59 Å². The van der Waals surface area contributed by atoms with Crippen molar-refractivity contribution in [2.45, 2.75) is 38.8 Å². The van der Waals surface area contributed by atoms with E-state index in [0.29, 0.717) is 11.3 Å². The molecule has 0 bridgehead atoms. The molecule has 2 aromatic heterocycles. The van der Waals surface area contributed by atoms with Gasteiger partial charge < -0.3 is 25.5 Å². The number of nitrogens with one attached hydrogen (secondary N) is 2. The third kappa shape index (κ3) is 4.15. The summed E-state index contributed by atoms with van der Waals surface area (Å²) in [6, 6.07) is 0.775. The summed E-state index contributed by atoms with van der Waals surface area (Å²) in [6.45, 7) is 5.23. The third-order valence-electron chi connectivity index (χ3n) is 3.29. The Hall–Kier alpha value is -2.77. The Morgan fingerprint density at radius 2 is 2.12 bits per heavy atom. The van der Waals surface area contributed by atoms with Gasteiger partial charge in [0.15, 0.2) is 0 Å². The second kappa shape index (κ2) is 6.77. The molecule has 8 heteroatoms. The number of methoxy groups -OCH3 is 1. The molecular weight excluding hydrogens is 312 g/mol. The van der Waals surface area contributed by atoms with Crippen LogP contribution in [0.3, 0.4) is 0 Å². The van der Waals surface area contributed by atoms with E-state index in [1.807, 2.05) is 0 Å². The van der Waals surface area contributed by atoms with Crippen molar-refractivity contribution in [3.63, 3.8) is 0 Å². The van der Waals surface area contributed by atoms with E-state index < -0.39 is 23.7 Å². The molecule has 1 atom stereocenters. The number of alkyl carbamates (subject to hydrolysis) is 1. The number of ether oxygens (including phenoxy) is 2. The molecule has 0 aliphatic rings. The Balaban J connectivity index is 2.22. The van der Waals surface area contributed by atoms with Gasteiger partial charge in [-0.05, 0) is 32.4 Å². The van der Waals surface area contributed by atoms with Gasteiger partial charge in [-0.2, -0.15) is 0 Å². The van der Waals surface area contributed by atoms with Crippen molar-refractivity contribution in [2.24, 2.45) is 0 Å². The van der Waals surface area contributed by atoms with Crippen molar-refractivity contribution >= 4 is 28.8 Å². The summed E-state index contributed by atoms with van der Waals surface area (Å²) < 4.78 is 9.96. The van der Waals surface area contributed by atoms with Crippen LogP contribution in [0.1, 0.15) is 26.3 Å². The van der Waals surface area contributed by atoms with Crippen molar-refractivity contribution in [1.82, 2.24) is 15.3 Å². The molecule has 4 N–H and O–H groups in total. The average Bonchev–Trinajstić information content (AvgIpc) is 2.88. The van der Waals surface area contributed by atoms with E-state index in [1.165, 1.54) is 7.11 Å². The van der Waals surface area contributed by atoms with E-state index >= 15 is 0 Å². The lowest BCUT2D eigenvalue weighted by Gasteiger charge is -2.22. The Morgan fingerprint density at radius 3 is 2.75 bits per heavy atom. The number of pyridine rings is 1. The van der Waals surface area contributed by atoms with Gasteiger partial charge in [0.2, 0.25) is 0 Å². The molecule has 0 saturated heterocycles. The number of hydrogen-bond acceptors (Lipinski definition) is 6. The van der Waals surface area contributed by atoms with Crippen LogP contribution >= 0.6 is 0 Å². The number of aromatic amines is 1. The second-order valence-corrected chi connectivity index (χ2v) is 6.36. The maximum atomic E-state index is 12.0. The van der Waals surface area contributed by atoms with Gasteiger partial charge >= 0.3 is 12.1 Å². The summed E-state index contributed by atoms with van der Waals surface area (Å²) in [4.78, 5) is 31.1. The molecule has 0 saturated carbocycles. The fraction of sp³-hybridized carbons (Fsp3) is 0.438. The molecule has 2 rings (SSSR count). The zero-order chi connectivity index (χ0) is 17.9. The SMILES string of the molecule is COC(=O)[C@H](Cc1c[nH]c2nccc(N)c12)NC(=O)OC(C)(C)C. The monoisotopic (exact) mass is 334 g/mol. The van der Waals surface area contributed by atoms with Gasteiger partial charge in [0, 0.05) is 29.9 Å². The number of hydrogen-bond donors (Lipinski definition) is 3. The van der Waals surface area contributed by atoms with Gasteiger partial charge in [0.05, 0.1) is 7.11 Å². The number of fused-ring (bicyclic) bond motifs is 1. The summed E-state index contributed by atoms with van der Waals surface area (Å²) in [6.07, 6.45) is 2.81. The fourth-order valence-corrected chi connectivity index (χ4v) is 2.32. The minimum absolute atomic E-state index is 0.196. The van der Waals surface area contributed by atoms with Gasteiger partial charge in [-0.25, -0.2) is 14.6 Å². The van der Waals surface area contributed by atoms with Crippen LogP contribution in [0.4, 0.5) is 10.5 Å². The molecule has 1 amide bonds. The number of carbonyl (C=O) groups is 2. The van der Waals surface area contributed by atoms with E-state index in [4.69, 9.17) is 15.2 Å². The summed E-state index contributed by atoms with van der Waals surface area (Å²) in [5.74, 6) is -0.572. The van der Waals surface area contributed by atoms with Gasteiger partial charge in [-0.1, -0.05) is 0 Å². The zero-order valence-electron chi connectivity index (χ0n) is 14.2. The van der Waals surface area contributed by atoms with Gasteiger partial charge in [0.25, 0.3) is 0 Å². The minimum Gasteiger partial charge on any atom is -0.467 e. The number of amides is 1. The largest absolute Gasteiger partial charge is 0.467 e. The summed E-state index contributed by atoms with van der Waals surface area (Å²) in [5.41, 5.74) is 7.22. The van der Waals surface area contributed by atoms with Crippen LogP contribution in [-0.2, 0) is 20.7 Å². The van der Waals surface area contributed by atoms with Crippen LogP contribution in [0, 0.1) is 0 Å². The molecule has 130 valence electrons. The number of anilines is 1. The molecule has 0 fully saturated rings. The Kier molecular flexibility index (Phi) is 4.96. The van der Waals surface area contributed by atoms with E-state index in [-0.39, 0.29) is 6.42 Å². The predicted molar refractivity (Wildman–Crippen MR) is 89.4 cm³/mol. The number of rotatable bonds is 4. The quantitative estimate of drug-likeness (QED) is 0.733. The lowest BCUT2D eigenvalue weighted by Crippen LogP contribution is -2.45. The van der Waals surface area contributed by atoms with Crippen molar-refractivity contribution < 1.29 is 19.1 Å². The number of aromatic nitrogens is 2. The molecule has 0 radical (unpaired) electrons. The smallest absolute Gasteiger partial charge is 0.408 e. The van der Waals surface area contributed by atoms with Crippen LogP contribution in [-0.4, -0.2) is 40.8 Å². The van der Waals surface area contributed by atoms with Gasteiger partial charge in [-0.3, -0.25) is 0 Å². The number of nitrogen functional groups attached to an aromatic ring is 1. The van der Waals surface area contributed by atoms with Crippen molar-refractivity contribution in [3.8, 4) is 0 Å². The predicted octanol–water partition coefficient (Wildman–Crippen LogP) is 1.75. The van der Waals surface area contributed by atoms with Crippen molar-refractivity contribution in [2.75, 3.05) is 12.8 Å². The molecule has 2 aromatic rings. The third-order valence-corrected chi connectivity index (χ3v) is 3.29. The van der Waals surface area contributed by atoms with Crippen LogP contribution in [0.15, 0.2) is 18.5 Å². The van der Waals surface area contributed by atoms with E-state index in [0.717, 1.165) is 10.9 Å². The minimum atomic E-state index is -0.900. The van der Waals surface area contributed by atoms with E-state index in [1.54, 1.807) is 39.2 Å². The first-order chi connectivity index (χ1) is 11.2. The molecule has 8 nitrogen and oxygen atoms in total. The Bertz CT molecular complexity index is 748. The maximum Gasteiger partial charge on any atom is 0.408 e. The highest BCUT2D eigenvalue weighted by Gasteiger charge is 2.26. The normalized spacial score (nSPS) is 12.7. The molecule has 0 aliphatic carbocycles. The molecule has 2 heterocycles. The second-order valence-electron chi connectivity index (χ2n) is 6.36. The number of nitrogens with zero attached hydrogens (tertiary/aromatic N) is 1. The highest BCUT2D eigenvalue weighted by molar-refractivity contribution is 5.92. The standard InChI is InChI=1S/C16H22N4O4/c1-16(2,3)24-15(22)20-11(14(21)23-4)7-9-8-19-13-12(9)10(17)5-6-18-13/h5-6,8,11H,7H2,1-4H3,(H,20,22)(H3,17,18,19)/t11-/m0/s1. The van der Waals surface area contributed by atoms with Gasteiger partial charge in [-0.15, -0.1) is 0 Å². The lowest BCUT2D eigenvalue weighted by molar-refractivity contribution is -0.143. The number of esters is 1. The first kappa shape index (κ1) is 17.6. The van der Waals surface area contributed by atoms with Crippen LogP contribution in [0.25, 0.3) is 11.0 Å². The summed E-state index contributed by atoms with van der Waals surface area (Å²) in [5, 5.41) is 3.26. The zero-order valence-corrected chi connectivity index (χ0v) is 14.2. The Labute approximate surface area is 139 Å². The topological polar surface area (TPSA) is 119 Å². The van der Waals surface area contributed by atoms with Crippen LogP contribution < -0.4 is 11.1 Å². The average molecular weight is 334 g/mol. The molecule has 0 spiro atoms. The molecule has 0 aliphatic heterocycles. The first-order valence-corrected chi connectivity index (χ1v) is 7.49. The molecule has 24 heavy (non-hydrogen) atoms. The number of carbonyl (C=O) groups excluding carboxylic acids is 2. The highest BCUT2D eigenvalue weighted by atomic mass is 16.6. The van der Waals surface area contributed by atoms with Crippen LogP contribution in [0.5, 0.6) is 0 Å². The maximum absolute atomic E-state index is 12.0.